The van der Waals surface area contributed by atoms with E-state index in [-0.39, 0.29) is 19.8 Å². The van der Waals surface area contributed by atoms with Gasteiger partial charge < -0.3 is 24.6 Å². The molecule has 0 saturated heterocycles. The van der Waals surface area contributed by atoms with Crippen LogP contribution in [0.3, 0.4) is 0 Å². The van der Waals surface area contributed by atoms with E-state index in [1.165, 1.54) is 0 Å². The fraction of sp³-hybridized carbons (Fsp3) is 0.857. The number of hydrogen-bond acceptors (Lipinski definition) is 6. The summed E-state index contributed by atoms with van der Waals surface area (Å²) in [4.78, 5) is 22.9. The maximum atomic E-state index is 11.5. The Labute approximate surface area is 125 Å². The van der Waals surface area contributed by atoms with Gasteiger partial charge in [0.05, 0.1) is 19.3 Å². The lowest BCUT2D eigenvalue weighted by Crippen LogP contribution is -2.43. The Kier molecular flexibility index (Phi) is 7.67. The van der Waals surface area contributed by atoms with Gasteiger partial charge in [0.2, 0.25) is 0 Å². The van der Waals surface area contributed by atoms with Gasteiger partial charge in [-0.25, -0.2) is 9.59 Å². The van der Waals surface area contributed by atoms with Crippen LogP contribution in [-0.4, -0.2) is 54.2 Å². The first-order chi connectivity index (χ1) is 9.43. The Balaban J connectivity index is 4.06. The average molecular weight is 305 g/mol. The molecule has 0 bridgehead atoms. The summed E-state index contributed by atoms with van der Waals surface area (Å²) in [5.74, 6) is -0.503. The number of carbonyl (C=O) groups excluding carboxylic acids is 2. The van der Waals surface area contributed by atoms with Gasteiger partial charge in [0.25, 0.3) is 0 Å². The molecule has 0 aromatic carbocycles. The molecule has 1 atom stereocenters. The maximum absolute atomic E-state index is 11.5. The van der Waals surface area contributed by atoms with Crippen LogP contribution in [0.1, 0.15) is 41.5 Å². The number of hydrogen-bond donors (Lipinski definition) is 2. The minimum atomic E-state index is -0.651. The van der Waals surface area contributed by atoms with Crippen LogP contribution in [0.4, 0.5) is 4.79 Å². The fourth-order valence-corrected chi connectivity index (χ4v) is 1.27. The molecule has 0 fully saturated rings. The van der Waals surface area contributed by atoms with Crippen molar-refractivity contribution in [3.8, 4) is 0 Å². The number of esters is 1. The quantitative estimate of drug-likeness (QED) is 0.717. The summed E-state index contributed by atoms with van der Waals surface area (Å²) in [5.41, 5.74) is -1.20. The van der Waals surface area contributed by atoms with Gasteiger partial charge in [0.1, 0.15) is 17.8 Å². The zero-order valence-electron chi connectivity index (χ0n) is 13.7. The molecule has 0 aliphatic rings. The standard InChI is InChI=1S/C14H27NO6/c1-13(2,3)20-11(17)9-19-8-10(7-16)15-12(18)21-14(4,5)6/h10,16H,7-9H2,1-6H3,(H,15,18). The number of alkyl carbamates (subject to hydrolysis) is 1. The largest absolute Gasteiger partial charge is 0.458 e. The minimum absolute atomic E-state index is 0.0189. The molecule has 1 unspecified atom stereocenters. The van der Waals surface area contributed by atoms with E-state index in [1.54, 1.807) is 41.5 Å². The topological polar surface area (TPSA) is 94.1 Å². The van der Waals surface area contributed by atoms with E-state index in [4.69, 9.17) is 19.3 Å². The first-order valence-corrected chi connectivity index (χ1v) is 6.83. The third-order valence-electron chi connectivity index (χ3n) is 1.90. The molecule has 21 heavy (non-hydrogen) atoms. The predicted octanol–water partition coefficient (Wildman–Crippen LogP) is 1.23. The second-order valence-corrected chi connectivity index (χ2v) is 6.63. The van der Waals surface area contributed by atoms with Gasteiger partial charge in [-0.2, -0.15) is 0 Å². The maximum Gasteiger partial charge on any atom is 0.408 e. The number of aliphatic hydroxyl groups excluding tert-OH is 1. The summed E-state index contributed by atoms with van der Waals surface area (Å²) < 4.78 is 15.2. The molecule has 0 rings (SSSR count). The van der Waals surface area contributed by atoms with Gasteiger partial charge in [0.15, 0.2) is 0 Å². The number of carbonyl (C=O) groups is 2. The van der Waals surface area contributed by atoms with E-state index >= 15 is 0 Å². The zero-order valence-corrected chi connectivity index (χ0v) is 13.7. The van der Waals surface area contributed by atoms with Crippen LogP contribution in [0.2, 0.25) is 0 Å². The minimum Gasteiger partial charge on any atom is -0.458 e. The predicted molar refractivity (Wildman–Crippen MR) is 76.9 cm³/mol. The van der Waals surface area contributed by atoms with Crippen molar-refractivity contribution < 1.29 is 28.9 Å². The number of ether oxygens (including phenoxy) is 3. The van der Waals surface area contributed by atoms with Crippen molar-refractivity contribution in [2.24, 2.45) is 0 Å². The van der Waals surface area contributed by atoms with E-state index in [0.29, 0.717) is 0 Å². The molecule has 7 nitrogen and oxygen atoms in total. The van der Waals surface area contributed by atoms with Gasteiger partial charge in [-0.3, -0.25) is 0 Å². The highest BCUT2D eigenvalue weighted by atomic mass is 16.6. The third-order valence-corrected chi connectivity index (χ3v) is 1.90. The van der Waals surface area contributed by atoms with Crippen molar-refractivity contribution in [1.82, 2.24) is 5.32 Å². The Bertz CT molecular complexity index is 342. The molecule has 0 heterocycles. The average Bonchev–Trinajstić information content (AvgIpc) is 2.22. The monoisotopic (exact) mass is 305 g/mol. The van der Waals surface area contributed by atoms with Gasteiger partial charge in [-0.05, 0) is 41.5 Å². The van der Waals surface area contributed by atoms with Crippen molar-refractivity contribution in [2.75, 3.05) is 19.8 Å². The molecule has 0 saturated carbocycles. The number of amides is 1. The van der Waals surface area contributed by atoms with E-state index in [9.17, 15) is 9.59 Å². The van der Waals surface area contributed by atoms with Gasteiger partial charge in [0, 0.05) is 0 Å². The van der Waals surface area contributed by atoms with Gasteiger partial charge in [-0.15, -0.1) is 0 Å². The van der Waals surface area contributed by atoms with E-state index in [1.807, 2.05) is 0 Å². The molecule has 2 N–H and O–H groups in total. The number of nitrogens with one attached hydrogen (secondary N) is 1. The molecule has 0 aromatic rings. The van der Waals surface area contributed by atoms with Crippen LogP contribution >= 0.6 is 0 Å². The van der Waals surface area contributed by atoms with Crippen LogP contribution in [0.15, 0.2) is 0 Å². The van der Waals surface area contributed by atoms with E-state index in [2.05, 4.69) is 5.32 Å². The highest BCUT2D eigenvalue weighted by molar-refractivity contribution is 5.71. The Hall–Kier alpha value is -1.34. The third kappa shape index (κ3) is 12.1. The van der Waals surface area contributed by atoms with Gasteiger partial charge >= 0.3 is 12.1 Å². The summed E-state index contributed by atoms with van der Waals surface area (Å²) >= 11 is 0. The molecule has 0 aliphatic carbocycles. The molecule has 0 spiro atoms. The lowest BCUT2D eigenvalue weighted by molar-refractivity contribution is -0.160. The summed E-state index contributed by atoms with van der Waals surface area (Å²) in [6.45, 7) is 9.88. The normalized spacial score (nSPS) is 13.5. The van der Waals surface area contributed by atoms with Crippen molar-refractivity contribution >= 4 is 12.1 Å². The molecular weight excluding hydrogens is 278 g/mol. The summed E-state index contributed by atoms with van der Waals surface area (Å²) in [6, 6.07) is -0.651. The highest BCUT2D eigenvalue weighted by Gasteiger charge is 2.20. The van der Waals surface area contributed by atoms with Crippen LogP contribution in [-0.2, 0) is 19.0 Å². The summed E-state index contributed by atoms with van der Waals surface area (Å²) in [6.07, 6.45) is -0.651. The Morgan fingerprint density at radius 3 is 2.00 bits per heavy atom. The van der Waals surface area contributed by atoms with Crippen LogP contribution in [0.25, 0.3) is 0 Å². The fourth-order valence-electron chi connectivity index (χ4n) is 1.27. The SMILES string of the molecule is CC(C)(C)OC(=O)COCC(CO)NC(=O)OC(C)(C)C. The first kappa shape index (κ1) is 19.7. The van der Waals surface area contributed by atoms with Crippen molar-refractivity contribution in [1.29, 1.82) is 0 Å². The van der Waals surface area contributed by atoms with Crippen molar-refractivity contribution in [2.45, 2.75) is 58.8 Å². The molecule has 124 valence electrons. The molecule has 0 aromatic heterocycles. The second kappa shape index (κ2) is 8.19. The van der Waals surface area contributed by atoms with Crippen LogP contribution in [0.5, 0.6) is 0 Å². The lowest BCUT2D eigenvalue weighted by atomic mass is 10.2. The highest BCUT2D eigenvalue weighted by Crippen LogP contribution is 2.08. The van der Waals surface area contributed by atoms with Crippen molar-refractivity contribution in [3.63, 3.8) is 0 Å². The molecule has 0 radical (unpaired) electrons. The molecule has 1 amide bonds. The smallest absolute Gasteiger partial charge is 0.408 e. The summed E-state index contributed by atoms with van der Waals surface area (Å²) in [7, 11) is 0. The lowest BCUT2D eigenvalue weighted by Gasteiger charge is -2.23. The zero-order chi connectivity index (χ0) is 16.7. The Morgan fingerprint density at radius 1 is 1.05 bits per heavy atom. The van der Waals surface area contributed by atoms with Gasteiger partial charge in [-0.1, -0.05) is 0 Å². The number of rotatable bonds is 6. The summed E-state index contributed by atoms with van der Waals surface area (Å²) in [5, 5.41) is 11.6. The number of aliphatic hydroxyl groups is 1. The first-order valence-electron chi connectivity index (χ1n) is 6.83. The van der Waals surface area contributed by atoms with E-state index < -0.39 is 29.3 Å². The second-order valence-electron chi connectivity index (χ2n) is 6.63. The van der Waals surface area contributed by atoms with Crippen LogP contribution < -0.4 is 5.32 Å². The Morgan fingerprint density at radius 2 is 1.57 bits per heavy atom. The molecule has 7 heteroatoms. The molecular formula is C14H27NO6. The van der Waals surface area contributed by atoms with Crippen LogP contribution in [0, 0.1) is 0 Å². The van der Waals surface area contributed by atoms with Crippen molar-refractivity contribution in [3.05, 3.63) is 0 Å². The molecule has 0 aliphatic heterocycles. The van der Waals surface area contributed by atoms with E-state index in [0.717, 1.165) is 0 Å².